The fourth-order valence-corrected chi connectivity index (χ4v) is 1.11. The highest BCUT2D eigenvalue weighted by atomic mass is 16.5. The minimum Gasteiger partial charge on any atom is -0.478 e. The first kappa shape index (κ1) is 11.2. The average Bonchev–Trinajstić information content (AvgIpc) is 2.17. The minimum atomic E-state index is -1.06. The van der Waals surface area contributed by atoms with Crippen molar-refractivity contribution in [2.75, 3.05) is 6.61 Å². The quantitative estimate of drug-likeness (QED) is 0.758. The van der Waals surface area contributed by atoms with Crippen LogP contribution in [0.1, 0.15) is 33.5 Å². The van der Waals surface area contributed by atoms with Crippen LogP contribution >= 0.6 is 0 Å². The first-order valence-electron chi connectivity index (χ1n) is 4.44. The third kappa shape index (κ3) is 2.52. The molecule has 0 aliphatic carbocycles. The molecule has 0 bridgehead atoms. The van der Waals surface area contributed by atoms with Crippen molar-refractivity contribution in [3.05, 3.63) is 29.1 Å². The normalized spacial score (nSPS) is 9.73. The Labute approximate surface area is 86.7 Å². The first-order chi connectivity index (χ1) is 7.06. The topological polar surface area (TPSA) is 76.5 Å². The van der Waals surface area contributed by atoms with Crippen LogP contribution in [-0.2, 0) is 4.74 Å². The zero-order valence-corrected chi connectivity index (χ0v) is 8.48. The van der Waals surface area contributed by atoms with Crippen molar-refractivity contribution < 1.29 is 19.4 Å². The maximum atomic E-state index is 11.2. The number of aromatic nitrogens is 1. The van der Waals surface area contributed by atoms with Gasteiger partial charge in [0.25, 0.3) is 0 Å². The van der Waals surface area contributed by atoms with Gasteiger partial charge in [-0.1, -0.05) is 0 Å². The molecule has 0 aromatic carbocycles. The molecule has 0 saturated carbocycles. The van der Waals surface area contributed by atoms with E-state index in [1.807, 2.05) is 0 Å². The van der Waals surface area contributed by atoms with E-state index in [2.05, 4.69) is 4.98 Å². The summed E-state index contributed by atoms with van der Waals surface area (Å²) in [5.41, 5.74) is 0.510. The fraction of sp³-hybridized carbons (Fsp3) is 0.300. The molecule has 0 fully saturated rings. The second-order valence-corrected chi connectivity index (χ2v) is 2.86. The van der Waals surface area contributed by atoms with Gasteiger partial charge in [-0.2, -0.15) is 0 Å². The molecule has 1 aromatic heterocycles. The molecule has 0 saturated heterocycles. The lowest BCUT2D eigenvalue weighted by Gasteiger charge is -2.03. The Balaban J connectivity index is 3.01. The number of hydrogen-bond acceptors (Lipinski definition) is 4. The van der Waals surface area contributed by atoms with Gasteiger partial charge in [0.05, 0.1) is 17.9 Å². The molecule has 0 amide bonds. The number of aryl methyl sites for hydroxylation is 1. The summed E-state index contributed by atoms with van der Waals surface area (Å²) in [7, 11) is 0. The van der Waals surface area contributed by atoms with Crippen molar-refractivity contribution in [2.24, 2.45) is 0 Å². The van der Waals surface area contributed by atoms with Crippen LogP contribution in [0.15, 0.2) is 12.1 Å². The van der Waals surface area contributed by atoms with Crippen LogP contribution in [0, 0.1) is 6.92 Å². The monoisotopic (exact) mass is 209 g/mol. The van der Waals surface area contributed by atoms with E-state index in [4.69, 9.17) is 9.84 Å². The number of esters is 1. The summed E-state index contributed by atoms with van der Waals surface area (Å²) in [4.78, 5) is 25.8. The number of hydrogen-bond donors (Lipinski definition) is 1. The summed E-state index contributed by atoms with van der Waals surface area (Å²) in [6, 6.07) is 2.69. The van der Waals surface area contributed by atoms with Crippen LogP contribution in [0.4, 0.5) is 0 Å². The van der Waals surface area contributed by atoms with E-state index in [0.29, 0.717) is 5.69 Å². The molecular formula is C10H11NO4. The number of carbonyl (C=O) groups excluding carboxylic acids is 1. The zero-order valence-electron chi connectivity index (χ0n) is 8.48. The van der Waals surface area contributed by atoms with Crippen LogP contribution in [0.5, 0.6) is 0 Å². The van der Waals surface area contributed by atoms with Gasteiger partial charge in [-0.3, -0.25) is 0 Å². The summed E-state index contributed by atoms with van der Waals surface area (Å²) in [5.74, 6) is -1.60. The molecule has 80 valence electrons. The summed E-state index contributed by atoms with van der Waals surface area (Å²) >= 11 is 0. The standard InChI is InChI=1S/C10H11NO4/c1-3-15-10(14)8-5-4-7(9(12)13)6(2)11-8/h4-5H,3H2,1-2H3,(H,12,13). The lowest BCUT2D eigenvalue weighted by Crippen LogP contribution is -2.10. The van der Waals surface area contributed by atoms with Gasteiger partial charge in [-0.05, 0) is 26.0 Å². The Morgan fingerprint density at radius 3 is 2.60 bits per heavy atom. The van der Waals surface area contributed by atoms with E-state index >= 15 is 0 Å². The molecule has 0 aliphatic heterocycles. The zero-order chi connectivity index (χ0) is 11.4. The van der Waals surface area contributed by atoms with Crippen molar-refractivity contribution >= 4 is 11.9 Å². The number of ether oxygens (including phenoxy) is 1. The predicted octanol–water partition coefficient (Wildman–Crippen LogP) is 1.26. The Kier molecular flexibility index (Phi) is 3.38. The minimum absolute atomic E-state index is 0.0862. The van der Waals surface area contributed by atoms with E-state index in [9.17, 15) is 9.59 Å². The molecule has 1 aromatic rings. The molecular weight excluding hydrogens is 198 g/mol. The molecule has 15 heavy (non-hydrogen) atoms. The van der Waals surface area contributed by atoms with Gasteiger partial charge in [0.2, 0.25) is 0 Å². The molecule has 0 radical (unpaired) electrons. The van der Waals surface area contributed by atoms with Gasteiger partial charge in [0.15, 0.2) is 0 Å². The van der Waals surface area contributed by atoms with Crippen molar-refractivity contribution in [1.29, 1.82) is 0 Å². The Morgan fingerprint density at radius 1 is 1.47 bits per heavy atom. The predicted molar refractivity (Wildman–Crippen MR) is 51.9 cm³/mol. The summed E-state index contributed by atoms with van der Waals surface area (Å²) < 4.78 is 4.73. The summed E-state index contributed by atoms with van der Waals surface area (Å²) in [6.45, 7) is 3.49. The number of aromatic carboxylic acids is 1. The maximum absolute atomic E-state index is 11.2. The molecule has 5 heteroatoms. The second kappa shape index (κ2) is 4.54. The molecule has 1 heterocycles. The molecule has 5 nitrogen and oxygen atoms in total. The lowest BCUT2D eigenvalue weighted by atomic mass is 10.2. The van der Waals surface area contributed by atoms with Crippen molar-refractivity contribution in [1.82, 2.24) is 4.98 Å². The summed E-state index contributed by atoms with van der Waals surface area (Å²) in [5, 5.41) is 8.74. The molecule has 1 rings (SSSR count). The lowest BCUT2D eigenvalue weighted by molar-refractivity contribution is 0.0517. The van der Waals surface area contributed by atoms with Gasteiger partial charge in [-0.25, -0.2) is 14.6 Å². The van der Waals surface area contributed by atoms with Crippen molar-refractivity contribution in [3.8, 4) is 0 Å². The number of carboxylic acid groups (broad SMARTS) is 1. The number of carbonyl (C=O) groups is 2. The van der Waals surface area contributed by atoms with E-state index < -0.39 is 11.9 Å². The summed E-state index contributed by atoms with van der Waals surface area (Å²) in [6.07, 6.45) is 0. The Hall–Kier alpha value is -1.91. The molecule has 1 N–H and O–H groups in total. The third-order valence-electron chi connectivity index (χ3n) is 1.80. The van der Waals surface area contributed by atoms with E-state index in [-0.39, 0.29) is 17.9 Å². The van der Waals surface area contributed by atoms with E-state index in [1.165, 1.54) is 19.1 Å². The molecule has 0 aliphatic rings. The largest absolute Gasteiger partial charge is 0.478 e. The van der Waals surface area contributed by atoms with Crippen LogP contribution in [-0.4, -0.2) is 28.6 Å². The highest BCUT2D eigenvalue weighted by Gasteiger charge is 2.13. The smallest absolute Gasteiger partial charge is 0.356 e. The van der Waals surface area contributed by atoms with Crippen molar-refractivity contribution in [2.45, 2.75) is 13.8 Å². The fourth-order valence-electron chi connectivity index (χ4n) is 1.11. The van der Waals surface area contributed by atoms with Crippen LogP contribution in [0.3, 0.4) is 0 Å². The second-order valence-electron chi connectivity index (χ2n) is 2.86. The van der Waals surface area contributed by atoms with Gasteiger partial charge in [0.1, 0.15) is 5.69 Å². The highest BCUT2D eigenvalue weighted by molar-refractivity contribution is 5.91. The van der Waals surface area contributed by atoms with Gasteiger partial charge in [0, 0.05) is 0 Å². The number of nitrogens with zero attached hydrogens (tertiary/aromatic N) is 1. The Bertz CT molecular complexity index is 400. The SMILES string of the molecule is CCOC(=O)c1ccc(C(=O)O)c(C)n1. The third-order valence-corrected chi connectivity index (χ3v) is 1.80. The van der Waals surface area contributed by atoms with Gasteiger partial charge >= 0.3 is 11.9 Å². The van der Waals surface area contributed by atoms with Gasteiger partial charge in [-0.15, -0.1) is 0 Å². The van der Waals surface area contributed by atoms with Crippen LogP contribution in [0.2, 0.25) is 0 Å². The number of carboxylic acids is 1. The Morgan fingerprint density at radius 2 is 2.13 bits per heavy atom. The van der Waals surface area contributed by atoms with Crippen LogP contribution < -0.4 is 0 Å². The number of rotatable bonds is 3. The highest BCUT2D eigenvalue weighted by Crippen LogP contribution is 2.07. The molecule has 0 atom stereocenters. The first-order valence-corrected chi connectivity index (χ1v) is 4.44. The number of pyridine rings is 1. The molecule has 0 spiro atoms. The van der Waals surface area contributed by atoms with Crippen LogP contribution in [0.25, 0.3) is 0 Å². The van der Waals surface area contributed by atoms with E-state index in [1.54, 1.807) is 6.92 Å². The molecule has 0 unspecified atom stereocenters. The average molecular weight is 209 g/mol. The van der Waals surface area contributed by atoms with E-state index in [0.717, 1.165) is 0 Å². The van der Waals surface area contributed by atoms with Gasteiger partial charge < -0.3 is 9.84 Å². The van der Waals surface area contributed by atoms with Crippen molar-refractivity contribution in [3.63, 3.8) is 0 Å². The maximum Gasteiger partial charge on any atom is 0.356 e.